The highest BCUT2D eigenvalue weighted by Crippen LogP contribution is 2.28. The van der Waals surface area contributed by atoms with Crippen molar-refractivity contribution in [3.63, 3.8) is 0 Å². The number of aryl methyl sites for hydroxylation is 1. The third-order valence-electron chi connectivity index (χ3n) is 8.38. The Bertz CT molecular complexity index is 1180. The van der Waals surface area contributed by atoms with E-state index in [1.54, 1.807) is 0 Å². The number of carbonyl (C=O) groups excluding carboxylic acids is 1. The highest BCUT2D eigenvalue weighted by atomic mass is 16.7. The molecule has 262 valence electrons. The van der Waals surface area contributed by atoms with Crippen LogP contribution < -0.4 is 15.9 Å². The lowest BCUT2D eigenvalue weighted by Gasteiger charge is -2.12. The highest BCUT2D eigenvalue weighted by molar-refractivity contribution is 6.06. The minimum atomic E-state index is 0. The van der Waals surface area contributed by atoms with Crippen LogP contribution >= 0.6 is 0 Å². The Kier molecular flexibility index (Phi) is 23.5. The number of hydrogen-bond acceptors (Lipinski definition) is 5. The number of nitrogens with zero attached hydrogens (tertiary/aromatic N) is 3. The number of nitrogens with one attached hydrogen (secondary N) is 1. The van der Waals surface area contributed by atoms with Crippen molar-refractivity contribution < 1.29 is 9.63 Å². The van der Waals surface area contributed by atoms with E-state index in [1.165, 1.54) is 77.0 Å². The van der Waals surface area contributed by atoms with Crippen LogP contribution in [-0.4, -0.2) is 33.8 Å². The molecule has 0 aliphatic heterocycles. The Hall–Kier alpha value is -2.83. The van der Waals surface area contributed by atoms with Gasteiger partial charge in [-0.1, -0.05) is 150 Å². The third kappa shape index (κ3) is 15.6. The van der Waals surface area contributed by atoms with Crippen LogP contribution in [0.1, 0.15) is 169 Å². The molecule has 2 aromatic heterocycles. The van der Waals surface area contributed by atoms with Crippen molar-refractivity contribution in [2.75, 3.05) is 18.9 Å². The molecular weight excluding hydrogens is 570 g/mol. The van der Waals surface area contributed by atoms with Gasteiger partial charge in [0.05, 0.1) is 5.52 Å². The first-order valence-electron chi connectivity index (χ1n) is 18.5. The predicted octanol–water partition coefficient (Wildman–Crippen LogP) is 10.8. The fraction of sp³-hybridized carbons (Fsp3) is 0.718. The summed E-state index contributed by atoms with van der Waals surface area (Å²) in [7, 11) is 0. The molecule has 0 bridgehead atoms. The number of fused-ring (bicyclic) bond motifs is 3. The number of rotatable bonds is 24. The number of nitrogen functional groups attached to an aromatic ring is 1. The van der Waals surface area contributed by atoms with Crippen molar-refractivity contribution >= 4 is 33.7 Å². The van der Waals surface area contributed by atoms with E-state index in [-0.39, 0.29) is 13.3 Å². The maximum atomic E-state index is 11.8. The monoisotopic (exact) mass is 640 g/mol. The second kappa shape index (κ2) is 26.3. The molecular formula is C39H69N5O2. The first-order chi connectivity index (χ1) is 22.1. The molecule has 0 unspecified atom stereocenters. The maximum absolute atomic E-state index is 11.8. The number of pyridine rings is 1. The molecule has 7 heteroatoms. The largest absolute Gasteiger partial charge is 0.412 e. The van der Waals surface area contributed by atoms with Gasteiger partial charge in [0, 0.05) is 24.8 Å². The Labute approximate surface area is 281 Å². The van der Waals surface area contributed by atoms with Crippen LogP contribution in [0.15, 0.2) is 24.3 Å². The zero-order valence-electron chi connectivity index (χ0n) is 29.3. The van der Waals surface area contributed by atoms with Gasteiger partial charge in [-0.3, -0.25) is 4.79 Å². The Morgan fingerprint density at radius 2 is 1.30 bits per heavy atom. The summed E-state index contributed by atoms with van der Waals surface area (Å²) in [4.78, 5) is 27.3. The van der Waals surface area contributed by atoms with E-state index in [9.17, 15) is 4.79 Å². The number of hydrogen-bond donors (Lipinski definition) is 2. The van der Waals surface area contributed by atoms with Crippen LogP contribution in [0.25, 0.3) is 21.9 Å². The topological polar surface area (TPSA) is 95.1 Å². The van der Waals surface area contributed by atoms with E-state index < -0.39 is 0 Å². The molecule has 1 aromatic carbocycles. The van der Waals surface area contributed by atoms with E-state index in [0.29, 0.717) is 30.9 Å². The Morgan fingerprint density at radius 3 is 1.91 bits per heavy atom. The summed E-state index contributed by atoms with van der Waals surface area (Å²) in [5, 5.41) is 3.98. The summed E-state index contributed by atoms with van der Waals surface area (Å²) < 4.78 is 1.86. The molecule has 0 fully saturated rings. The number of imidazole rings is 1. The van der Waals surface area contributed by atoms with Crippen LogP contribution in [0, 0.1) is 0 Å². The molecule has 3 rings (SSSR count). The Morgan fingerprint density at radius 1 is 0.739 bits per heavy atom. The molecule has 3 N–H and O–H groups in total. The SMILES string of the molecule is C.CCCCCC(=O)NCCCCOn1c(CCCC)nc2c(N)nc3ccccc3c21.CCCCCCCCCCCCCC. The van der Waals surface area contributed by atoms with E-state index in [0.717, 1.165) is 73.6 Å². The summed E-state index contributed by atoms with van der Waals surface area (Å²) in [5.74, 6) is 1.46. The van der Waals surface area contributed by atoms with Crippen molar-refractivity contribution in [2.45, 2.75) is 170 Å². The highest BCUT2D eigenvalue weighted by Gasteiger charge is 2.18. The lowest BCUT2D eigenvalue weighted by atomic mass is 10.1. The average molecular weight is 640 g/mol. The van der Waals surface area contributed by atoms with Gasteiger partial charge in [-0.25, -0.2) is 9.97 Å². The molecule has 1 amide bonds. The van der Waals surface area contributed by atoms with Crippen molar-refractivity contribution in [3.8, 4) is 0 Å². The quantitative estimate of drug-likeness (QED) is 0.0951. The van der Waals surface area contributed by atoms with Crippen LogP contribution in [0.2, 0.25) is 0 Å². The number of aromatic nitrogens is 3. The zero-order valence-corrected chi connectivity index (χ0v) is 29.3. The van der Waals surface area contributed by atoms with Crippen LogP contribution in [0.5, 0.6) is 0 Å². The van der Waals surface area contributed by atoms with E-state index in [4.69, 9.17) is 15.6 Å². The van der Waals surface area contributed by atoms with Crippen molar-refractivity contribution in [1.29, 1.82) is 0 Å². The molecule has 0 aliphatic carbocycles. The first kappa shape index (κ1) is 41.2. The molecule has 3 aromatic rings. The third-order valence-corrected chi connectivity index (χ3v) is 8.38. The van der Waals surface area contributed by atoms with Crippen molar-refractivity contribution in [1.82, 2.24) is 20.0 Å². The zero-order chi connectivity index (χ0) is 32.5. The number of amides is 1. The van der Waals surface area contributed by atoms with E-state index in [2.05, 4.69) is 38.0 Å². The molecule has 7 nitrogen and oxygen atoms in total. The number of benzene rings is 1. The van der Waals surface area contributed by atoms with E-state index >= 15 is 0 Å². The average Bonchev–Trinajstić information content (AvgIpc) is 3.42. The molecule has 2 heterocycles. The Balaban J connectivity index is 0.000000599. The summed E-state index contributed by atoms with van der Waals surface area (Å²) in [6.07, 6.45) is 25.9. The normalized spacial score (nSPS) is 10.9. The fourth-order valence-corrected chi connectivity index (χ4v) is 5.60. The molecule has 0 spiro atoms. The number of carbonyl (C=O) groups is 1. The lowest BCUT2D eigenvalue weighted by molar-refractivity contribution is -0.121. The fourth-order valence-electron chi connectivity index (χ4n) is 5.60. The summed E-state index contributed by atoms with van der Waals surface area (Å²) in [5.41, 5.74) is 8.64. The molecule has 46 heavy (non-hydrogen) atoms. The maximum Gasteiger partial charge on any atom is 0.219 e. The second-order valence-corrected chi connectivity index (χ2v) is 12.5. The van der Waals surface area contributed by atoms with Gasteiger partial charge < -0.3 is 15.9 Å². The first-order valence-corrected chi connectivity index (χ1v) is 18.5. The van der Waals surface area contributed by atoms with Gasteiger partial charge in [0.25, 0.3) is 0 Å². The van der Waals surface area contributed by atoms with E-state index in [1.807, 2.05) is 29.0 Å². The lowest BCUT2D eigenvalue weighted by Crippen LogP contribution is -2.24. The minimum Gasteiger partial charge on any atom is -0.412 e. The van der Waals surface area contributed by atoms with Gasteiger partial charge >= 0.3 is 0 Å². The molecule has 0 aliphatic rings. The summed E-state index contributed by atoms with van der Waals surface area (Å²) >= 11 is 0. The van der Waals surface area contributed by atoms with Gasteiger partial charge in [0.15, 0.2) is 5.82 Å². The summed E-state index contributed by atoms with van der Waals surface area (Å²) in [6.45, 7) is 10.1. The standard InChI is InChI=1S/C24H35N5O2.C14H30.CH4/c1-3-5-7-15-21(30)26-16-10-11-17-31-29-20(14-6-4-2)28-22-23(29)18-12-8-9-13-19(18)27-24(22)25;1-3-5-7-9-11-13-14-12-10-8-6-4-2;/h8-9,12-13H,3-7,10-11,14-17H2,1-2H3,(H2,25,27)(H,26,30);3-14H2,1-2H3;1H4. The molecule has 0 atom stereocenters. The number of para-hydroxylation sites is 1. The van der Waals surface area contributed by atoms with Crippen molar-refractivity contribution in [3.05, 3.63) is 30.1 Å². The van der Waals surface area contributed by atoms with Gasteiger partial charge in [0.2, 0.25) is 5.91 Å². The number of anilines is 1. The van der Waals surface area contributed by atoms with Gasteiger partial charge in [-0.2, -0.15) is 4.73 Å². The van der Waals surface area contributed by atoms with Gasteiger partial charge in [-0.15, -0.1) is 0 Å². The van der Waals surface area contributed by atoms with Gasteiger partial charge in [-0.05, 0) is 31.7 Å². The molecule has 0 radical (unpaired) electrons. The number of nitrogens with two attached hydrogens (primary N) is 1. The summed E-state index contributed by atoms with van der Waals surface area (Å²) in [6, 6.07) is 7.93. The molecule has 0 saturated heterocycles. The number of unbranched alkanes of at least 4 members (excludes halogenated alkanes) is 15. The van der Waals surface area contributed by atoms with Crippen LogP contribution in [0.3, 0.4) is 0 Å². The molecule has 0 saturated carbocycles. The van der Waals surface area contributed by atoms with Crippen molar-refractivity contribution in [2.24, 2.45) is 0 Å². The van der Waals surface area contributed by atoms with Crippen LogP contribution in [-0.2, 0) is 11.2 Å². The van der Waals surface area contributed by atoms with Crippen LogP contribution in [0.4, 0.5) is 5.82 Å². The second-order valence-electron chi connectivity index (χ2n) is 12.5. The predicted molar refractivity (Wildman–Crippen MR) is 199 cm³/mol. The smallest absolute Gasteiger partial charge is 0.219 e. The minimum absolute atomic E-state index is 0. The van der Waals surface area contributed by atoms with Gasteiger partial charge in [0.1, 0.15) is 23.5 Å².